The van der Waals surface area contributed by atoms with Crippen LogP contribution >= 0.6 is 0 Å². The van der Waals surface area contributed by atoms with E-state index in [1.807, 2.05) is 6.07 Å². The lowest BCUT2D eigenvalue weighted by molar-refractivity contribution is -0.145. The number of carboxylic acids is 1. The van der Waals surface area contributed by atoms with Gasteiger partial charge in [0.15, 0.2) is 11.5 Å². The normalized spacial score (nSPS) is 18.4. The minimum Gasteiger partial charge on any atom is -0.508 e. The number of carboxylic acid groups (broad SMARTS) is 1. The predicted molar refractivity (Wildman–Crippen MR) is 123 cm³/mol. The van der Waals surface area contributed by atoms with Crippen molar-refractivity contribution in [3.05, 3.63) is 41.5 Å². The van der Waals surface area contributed by atoms with Crippen molar-refractivity contribution in [1.82, 2.24) is 4.90 Å². The number of aromatic hydroxyl groups is 1. The van der Waals surface area contributed by atoms with Crippen molar-refractivity contribution in [2.24, 2.45) is 0 Å². The summed E-state index contributed by atoms with van der Waals surface area (Å²) in [5.41, 5.74) is 2.83. The van der Waals surface area contributed by atoms with Gasteiger partial charge in [-0.3, -0.25) is 4.90 Å². The molecule has 32 heavy (non-hydrogen) atoms. The van der Waals surface area contributed by atoms with Gasteiger partial charge in [-0.05, 0) is 89.7 Å². The second-order valence-corrected chi connectivity index (χ2v) is 8.42. The van der Waals surface area contributed by atoms with E-state index in [4.69, 9.17) is 19.7 Å². The van der Waals surface area contributed by atoms with Gasteiger partial charge in [0.05, 0.1) is 14.2 Å². The molecule has 1 unspecified atom stereocenters. The van der Waals surface area contributed by atoms with E-state index in [-0.39, 0.29) is 0 Å². The maximum atomic E-state index is 10.1. The molecule has 0 aromatic heterocycles. The van der Waals surface area contributed by atoms with Crippen LogP contribution in [0.5, 0.6) is 17.2 Å². The summed E-state index contributed by atoms with van der Waals surface area (Å²) in [6, 6.07) is 10.5. The molecule has 0 spiro atoms. The van der Waals surface area contributed by atoms with Gasteiger partial charge in [0.1, 0.15) is 11.9 Å². The third-order valence-corrected chi connectivity index (χ3v) is 6.49. The molecule has 0 amide bonds. The second kappa shape index (κ2) is 8.84. The van der Waals surface area contributed by atoms with Gasteiger partial charge in [0.25, 0.3) is 0 Å². The molecule has 1 fully saturated rings. The first kappa shape index (κ1) is 22.2. The zero-order valence-electron chi connectivity index (χ0n) is 18.6. The first-order valence-electron chi connectivity index (χ1n) is 10.8. The largest absolute Gasteiger partial charge is 0.508 e. The van der Waals surface area contributed by atoms with Crippen LogP contribution in [0.1, 0.15) is 30.9 Å². The number of methoxy groups -OCH3 is 2. The minimum absolute atomic E-state index is 0.295. The smallest absolute Gasteiger partial charge is 0.332 e. The summed E-state index contributed by atoms with van der Waals surface area (Å²) >= 11 is 0. The molecule has 2 atom stereocenters. The van der Waals surface area contributed by atoms with Crippen LogP contribution in [0.25, 0.3) is 21.5 Å². The van der Waals surface area contributed by atoms with E-state index in [0.717, 1.165) is 35.2 Å². The molecule has 2 aliphatic heterocycles. The fourth-order valence-corrected chi connectivity index (χ4v) is 4.88. The molecule has 1 saturated heterocycles. The second-order valence-electron chi connectivity index (χ2n) is 8.42. The number of hydrogen-bond acceptors (Lipinski definition) is 6. The van der Waals surface area contributed by atoms with Crippen LogP contribution in [-0.4, -0.2) is 59.1 Å². The van der Waals surface area contributed by atoms with Crippen molar-refractivity contribution in [3.8, 4) is 17.2 Å². The Morgan fingerprint density at radius 2 is 1.66 bits per heavy atom. The lowest BCUT2D eigenvalue weighted by atomic mass is 9.85. The fraction of sp³-hybridized carbons (Fsp3) is 0.400. The third kappa shape index (κ3) is 3.94. The standard InChI is InChI=1S/C22H23NO3.C3H6O3/c1-25-21-10-18-16-8-13-4-3-7-23(13)12-20(16)15-6-5-14(24)9-17(15)19(18)11-22(21)26-2;1-2(4)3(5)6/h5-6,9-11,13,24H,3-4,7-8,12H2,1-2H3;2,4H,1H3,(H,5,6)/t13-;/m0./s1. The molecule has 0 radical (unpaired) electrons. The molecule has 0 saturated carbocycles. The molecule has 2 heterocycles. The number of rotatable bonds is 3. The molecule has 7 heteroatoms. The average Bonchev–Trinajstić information content (AvgIpc) is 3.25. The van der Waals surface area contributed by atoms with Crippen LogP contribution in [0.15, 0.2) is 30.3 Å². The molecular formula is C25H29NO6. The predicted octanol–water partition coefficient (Wildman–Crippen LogP) is 3.69. The van der Waals surface area contributed by atoms with E-state index in [0.29, 0.717) is 11.8 Å². The van der Waals surface area contributed by atoms with Crippen LogP contribution in [-0.2, 0) is 17.8 Å². The monoisotopic (exact) mass is 439 g/mol. The SMILES string of the molecule is CC(O)C(=O)O.COc1cc2c3c(c4ccc(O)cc4c2cc1OC)CN1CCC[C@H]1C3. The van der Waals surface area contributed by atoms with Crippen LogP contribution in [0.3, 0.4) is 0 Å². The highest BCUT2D eigenvalue weighted by molar-refractivity contribution is 6.12. The number of ether oxygens (including phenoxy) is 2. The molecular weight excluding hydrogens is 410 g/mol. The topological polar surface area (TPSA) is 99.5 Å². The summed E-state index contributed by atoms with van der Waals surface area (Å²) in [4.78, 5) is 12.1. The summed E-state index contributed by atoms with van der Waals surface area (Å²) < 4.78 is 11.1. The van der Waals surface area contributed by atoms with Gasteiger partial charge in [-0.1, -0.05) is 6.07 Å². The minimum atomic E-state index is -1.23. The van der Waals surface area contributed by atoms with Crippen LogP contribution in [0.2, 0.25) is 0 Å². The summed E-state index contributed by atoms with van der Waals surface area (Å²) in [5, 5.41) is 30.5. The number of fused-ring (bicyclic) bond motifs is 7. The molecule has 7 nitrogen and oxygen atoms in total. The van der Waals surface area contributed by atoms with E-state index in [1.165, 1.54) is 48.2 Å². The zero-order valence-corrected chi connectivity index (χ0v) is 18.6. The Morgan fingerprint density at radius 1 is 1.03 bits per heavy atom. The van der Waals surface area contributed by atoms with Crippen molar-refractivity contribution < 1.29 is 29.6 Å². The molecule has 3 aromatic rings. The first-order valence-corrected chi connectivity index (χ1v) is 10.8. The van der Waals surface area contributed by atoms with E-state index in [1.54, 1.807) is 20.3 Å². The number of phenolic OH excluding ortho intramolecular Hbond substituents is 1. The van der Waals surface area contributed by atoms with Gasteiger partial charge in [-0.15, -0.1) is 0 Å². The highest BCUT2D eigenvalue weighted by Crippen LogP contribution is 2.44. The highest BCUT2D eigenvalue weighted by Gasteiger charge is 2.32. The maximum Gasteiger partial charge on any atom is 0.332 e. The Balaban J connectivity index is 0.000000363. The first-order chi connectivity index (χ1) is 15.3. The molecule has 0 aliphatic carbocycles. The quantitative estimate of drug-likeness (QED) is 0.535. The van der Waals surface area contributed by atoms with E-state index in [2.05, 4.69) is 23.1 Å². The van der Waals surface area contributed by atoms with E-state index >= 15 is 0 Å². The maximum absolute atomic E-state index is 10.1. The van der Waals surface area contributed by atoms with Crippen molar-refractivity contribution in [2.75, 3.05) is 20.8 Å². The zero-order chi connectivity index (χ0) is 23.0. The van der Waals surface area contributed by atoms with Crippen molar-refractivity contribution in [2.45, 2.75) is 44.9 Å². The number of aliphatic hydroxyl groups excluding tert-OH is 1. The number of carbonyl (C=O) groups is 1. The Bertz CT molecular complexity index is 1170. The number of nitrogens with zero attached hydrogens (tertiary/aromatic N) is 1. The molecule has 170 valence electrons. The molecule has 2 aliphatic rings. The summed E-state index contributed by atoms with van der Waals surface area (Å²) in [6.07, 6.45) is 2.41. The number of benzene rings is 3. The lowest BCUT2D eigenvalue weighted by Crippen LogP contribution is -2.35. The molecule has 5 rings (SSSR count). The number of hydrogen-bond donors (Lipinski definition) is 3. The Hall–Kier alpha value is -3.03. The van der Waals surface area contributed by atoms with Crippen molar-refractivity contribution >= 4 is 27.5 Å². The van der Waals surface area contributed by atoms with Crippen molar-refractivity contribution in [1.29, 1.82) is 0 Å². The number of phenols is 1. The van der Waals surface area contributed by atoms with Gasteiger partial charge >= 0.3 is 5.97 Å². The summed E-state index contributed by atoms with van der Waals surface area (Å²) in [5.74, 6) is 0.594. The highest BCUT2D eigenvalue weighted by atomic mass is 16.5. The Morgan fingerprint density at radius 3 is 2.28 bits per heavy atom. The Labute approximate surface area is 186 Å². The van der Waals surface area contributed by atoms with Crippen LogP contribution < -0.4 is 9.47 Å². The van der Waals surface area contributed by atoms with Crippen LogP contribution in [0, 0.1) is 0 Å². The molecule has 3 N–H and O–H groups in total. The Kier molecular flexibility index (Phi) is 6.13. The van der Waals surface area contributed by atoms with Gasteiger partial charge in [0.2, 0.25) is 0 Å². The van der Waals surface area contributed by atoms with Gasteiger partial charge in [-0.2, -0.15) is 0 Å². The van der Waals surface area contributed by atoms with Gasteiger partial charge < -0.3 is 24.8 Å². The fourth-order valence-electron chi connectivity index (χ4n) is 4.88. The third-order valence-electron chi connectivity index (χ3n) is 6.49. The number of aliphatic hydroxyl groups is 1. The average molecular weight is 440 g/mol. The van der Waals surface area contributed by atoms with Gasteiger partial charge in [0, 0.05) is 12.6 Å². The van der Waals surface area contributed by atoms with Crippen molar-refractivity contribution in [3.63, 3.8) is 0 Å². The number of aliphatic carboxylic acids is 1. The van der Waals surface area contributed by atoms with Gasteiger partial charge in [-0.25, -0.2) is 4.79 Å². The van der Waals surface area contributed by atoms with E-state index < -0.39 is 12.1 Å². The summed E-state index contributed by atoms with van der Waals surface area (Å²) in [7, 11) is 3.35. The lowest BCUT2D eigenvalue weighted by Gasteiger charge is -2.33. The van der Waals surface area contributed by atoms with E-state index in [9.17, 15) is 9.90 Å². The summed E-state index contributed by atoms with van der Waals surface area (Å²) in [6.45, 7) is 3.38. The molecule has 0 bridgehead atoms. The van der Waals surface area contributed by atoms with Crippen LogP contribution in [0.4, 0.5) is 0 Å². The molecule has 3 aromatic carbocycles.